The van der Waals surface area contributed by atoms with Gasteiger partial charge in [-0.05, 0) is 26.2 Å². The normalized spacial score (nSPS) is 23.4. The highest BCUT2D eigenvalue weighted by atomic mass is 32.2. The Kier molecular flexibility index (Phi) is 6.23. The van der Waals surface area contributed by atoms with E-state index < -0.39 is 9.84 Å². The molecule has 0 aromatic heterocycles. The molecule has 0 amide bonds. The summed E-state index contributed by atoms with van der Waals surface area (Å²) in [5.74, 6) is 0.508. The fourth-order valence-corrected chi connectivity index (χ4v) is 4.45. The van der Waals surface area contributed by atoms with Gasteiger partial charge in [0, 0.05) is 31.8 Å². The molecule has 0 aromatic carbocycles. The summed E-state index contributed by atoms with van der Waals surface area (Å²) in [6.45, 7) is 6.29. The molecule has 1 aliphatic heterocycles. The molecule has 114 valence electrons. The lowest BCUT2D eigenvalue weighted by Crippen LogP contribution is -2.61. The number of ether oxygens (including phenoxy) is 1. The molecule has 1 heterocycles. The fraction of sp³-hybridized carbons (Fsp3) is 1.00. The average Bonchev–Trinajstić information content (AvgIpc) is 2.40. The van der Waals surface area contributed by atoms with Crippen LogP contribution in [0.4, 0.5) is 0 Å². The summed E-state index contributed by atoms with van der Waals surface area (Å²) in [5, 5.41) is 0. The van der Waals surface area contributed by atoms with E-state index in [1.807, 2.05) is 0 Å². The van der Waals surface area contributed by atoms with Crippen LogP contribution in [0.1, 0.15) is 33.1 Å². The van der Waals surface area contributed by atoms with Gasteiger partial charge >= 0.3 is 0 Å². The summed E-state index contributed by atoms with van der Waals surface area (Å²) in [5.41, 5.74) is 5.83. The first-order valence-electron chi connectivity index (χ1n) is 7.07. The molecule has 1 aliphatic rings. The van der Waals surface area contributed by atoms with Gasteiger partial charge in [-0.3, -0.25) is 4.90 Å². The number of hydrogen-bond acceptors (Lipinski definition) is 5. The minimum absolute atomic E-state index is 0.181. The minimum atomic E-state index is -2.86. The molecule has 2 N–H and O–H groups in total. The van der Waals surface area contributed by atoms with Crippen molar-refractivity contribution in [2.45, 2.75) is 44.7 Å². The van der Waals surface area contributed by atoms with Gasteiger partial charge in [0.25, 0.3) is 0 Å². The van der Waals surface area contributed by atoms with Gasteiger partial charge in [-0.25, -0.2) is 8.42 Å². The summed E-state index contributed by atoms with van der Waals surface area (Å²) in [7, 11) is -1.17. The Balaban J connectivity index is 2.89. The molecule has 1 rings (SSSR count). The van der Waals surface area contributed by atoms with Gasteiger partial charge in [0.15, 0.2) is 0 Å². The van der Waals surface area contributed by atoms with Crippen molar-refractivity contribution >= 4 is 9.84 Å². The molecule has 0 spiro atoms. The molecule has 0 bridgehead atoms. The zero-order valence-corrected chi connectivity index (χ0v) is 13.2. The number of nitrogens with zero attached hydrogens (tertiary/aromatic N) is 1. The van der Waals surface area contributed by atoms with Gasteiger partial charge < -0.3 is 10.5 Å². The molecule has 1 saturated heterocycles. The highest BCUT2D eigenvalue weighted by Gasteiger charge is 2.42. The Bertz CT molecular complexity index is 356. The molecule has 5 nitrogen and oxygen atoms in total. The van der Waals surface area contributed by atoms with Crippen LogP contribution in [-0.4, -0.2) is 63.2 Å². The summed E-state index contributed by atoms with van der Waals surface area (Å²) in [4.78, 5) is 2.37. The highest BCUT2D eigenvalue weighted by Crippen LogP contribution is 2.31. The number of rotatable bonds is 7. The van der Waals surface area contributed by atoms with E-state index in [0.29, 0.717) is 32.0 Å². The van der Waals surface area contributed by atoms with Gasteiger partial charge in [0.05, 0.1) is 18.1 Å². The van der Waals surface area contributed by atoms with E-state index in [1.165, 1.54) is 0 Å². The van der Waals surface area contributed by atoms with Crippen LogP contribution in [0, 0.1) is 0 Å². The maximum atomic E-state index is 11.6. The van der Waals surface area contributed by atoms with E-state index >= 15 is 0 Å². The second-order valence-electron chi connectivity index (χ2n) is 5.52. The van der Waals surface area contributed by atoms with E-state index in [9.17, 15) is 8.42 Å². The van der Waals surface area contributed by atoms with Gasteiger partial charge in [0.1, 0.15) is 9.84 Å². The van der Waals surface area contributed by atoms with E-state index in [2.05, 4.69) is 18.7 Å². The smallest absolute Gasteiger partial charge is 0.150 e. The molecule has 6 heteroatoms. The number of hydrogen-bond donors (Lipinski definition) is 1. The first-order chi connectivity index (χ1) is 8.90. The first-order valence-corrected chi connectivity index (χ1v) is 8.89. The Hall–Kier alpha value is -0.170. The fourth-order valence-electron chi connectivity index (χ4n) is 2.86. The van der Waals surface area contributed by atoms with Crippen LogP contribution in [0.3, 0.4) is 0 Å². The predicted octanol–water partition coefficient (Wildman–Crippen LogP) is 0.639. The molecule has 0 saturated carbocycles. The van der Waals surface area contributed by atoms with Crippen molar-refractivity contribution in [3.05, 3.63) is 0 Å². The van der Waals surface area contributed by atoms with Crippen molar-refractivity contribution in [1.29, 1.82) is 0 Å². The molecule has 19 heavy (non-hydrogen) atoms. The standard InChI is InChI=1S/C13H28N2O3S/c1-4-12(2)15(7-8-18-3)13(11-14)5-9-19(16,17)10-6-13/h12H,4-11,14H2,1-3H3. The van der Waals surface area contributed by atoms with Gasteiger partial charge in [0.2, 0.25) is 0 Å². The van der Waals surface area contributed by atoms with Crippen LogP contribution in [0.5, 0.6) is 0 Å². The summed E-state index contributed by atoms with van der Waals surface area (Å²) >= 11 is 0. The van der Waals surface area contributed by atoms with E-state index in [0.717, 1.165) is 13.0 Å². The molecule has 1 fully saturated rings. The Morgan fingerprint density at radius 3 is 2.37 bits per heavy atom. The topological polar surface area (TPSA) is 72.6 Å². The van der Waals surface area contributed by atoms with Crippen molar-refractivity contribution < 1.29 is 13.2 Å². The zero-order chi connectivity index (χ0) is 14.5. The highest BCUT2D eigenvalue weighted by molar-refractivity contribution is 7.91. The maximum absolute atomic E-state index is 11.6. The van der Waals surface area contributed by atoms with Crippen LogP contribution in [0.15, 0.2) is 0 Å². The summed E-state index contributed by atoms with van der Waals surface area (Å²) in [6.07, 6.45) is 2.30. The van der Waals surface area contributed by atoms with Crippen LogP contribution < -0.4 is 5.73 Å². The Labute approximate surface area is 117 Å². The SMILES string of the molecule is CCC(C)N(CCOC)C1(CN)CCS(=O)(=O)CC1. The lowest BCUT2D eigenvalue weighted by Gasteiger charge is -2.48. The molecular weight excluding hydrogens is 264 g/mol. The summed E-state index contributed by atoms with van der Waals surface area (Å²) < 4.78 is 28.5. The zero-order valence-electron chi connectivity index (χ0n) is 12.4. The third-order valence-electron chi connectivity index (χ3n) is 4.41. The van der Waals surface area contributed by atoms with Crippen molar-refractivity contribution in [3.63, 3.8) is 0 Å². The quantitative estimate of drug-likeness (QED) is 0.745. The third-order valence-corrected chi connectivity index (χ3v) is 6.06. The van der Waals surface area contributed by atoms with E-state index in [4.69, 9.17) is 10.5 Å². The van der Waals surface area contributed by atoms with Gasteiger partial charge in [-0.2, -0.15) is 0 Å². The van der Waals surface area contributed by atoms with Gasteiger partial charge in [-0.1, -0.05) is 6.92 Å². The van der Waals surface area contributed by atoms with Crippen LogP contribution in [0.2, 0.25) is 0 Å². The monoisotopic (exact) mass is 292 g/mol. The molecule has 1 atom stereocenters. The van der Waals surface area contributed by atoms with E-state index in [1.54, 1.807) is 7.11 Å². The molecular formula is C13H28N2O3S. The lowest BCUT2D eigenvalue weighted by atomic mass is 9.88. The van der Waals surface area contributed by atoms with Crippen molar-refractivity contribution in [2.75, 3.05) is 38.3 Å². The second-order valence-corrected chi connectivity index (χ2v) is 7.83. The first kappa shape index (κ1) is 16.9. The van der Waals surface area contributed by atoms with Crippen LogP contribution in [-0.2, 0) is 14.6 Å². The molecule has 0 aliphatic carbocycles. The van der Waals surface area contributed by atoms with Crippen molar-refractivity contribution in [3.8, 4) is 0 Å². The Morgan fingerprint density at radius 1 is 1.37 bits per heavy atom. The van der Waals surface area contributed by atoms with Crippen LogP contribution >= 0.6 is 0 Å². The van der Waals surface area contributed by atoms with E-state index in [-0.39, 0.29) is 17.0 Å². The van der Waals surface area contributed by atoms with Gasteiger partial charge in [-0.15, -0.1) is 0 Å². The predicted molar refractivity (Wildman–Crippen MR) is 78.0 cm³/mol. The largest absolute Gasteiger partial charge is 0.383 e. The molecule has 0 radical (unpaired) electrons. The summed E-state index contributed by atoms with van der Waals surface area (Å²) in [6, 6.07) is 0.388. The van der Waals surface area contributed by atoms with Crippen molar-refractivity contribution in [2.24, 2.45) is 5.73 Å². The van der Waals surface area contributed by atoms with Crippen molar-refractivity contribution in [1.82, 2.24) is 4.90 Å². The van der Waals surface area contributed by atoms with Crippen LogP contribution in [0.25, 0.3) is 0 Å². The molecule has 0 aromatic rings. The third kappa shape index (κ3) is 4.15. The number of sulfone groups is 1. The Morgan fingerprint density at radius 2 is 1.95 bits per heavy atom. The number of methoxy groups -OCH3 is 1. The maximum Gasteiger partial charge on any atom is 0.150 e. The number of nitrogens with two attached hydrogens (primary N) is 1. The lowest BCUT2D eigenvalue weighted by molar-refractivity contribution is 0.0204. The minimum Gasteiger partial charge on any atom is -0.383 e. The second kappa shape index (κ2) is 7.02. The molecule has 1 unspecified atom stereocenters. The average molecular weight is 292 g/mol.